The number of carbonyl (C=O) groups is 1. The predicted molar refractivity (Wildman–Crippen MR) is 163 cm³/mol. The van der Waals surface area contributed by atoms with E-state index in [2.05, 4.69) is 38.6 Å². The molecule has 8 rings (SSSR count). The maximum Gasteiger partial charge on any atom is 0.179 e. The van der Waals surface area contributed by atoms with E-state index in [-0.39, 0.29) is 17.6 Å². The smallest absolute Gasteiger partial charge is 0.179 e. The fraction of sp³-hybridized carbons (Fsp3) is 0.378. The summed E-state index contributed by atoms with van der Waals surface area (Å²) in [6, 6.07) is 12.5. The molecule has 2 N–H and O–H groups in total. The van der Waals surface area contributed by atoms with Crippen molar-refractivity contribution in [2.45, 2.75) is 71.3 Å². The number of aryl methyl sites for hydroxylation is 2. The molecule has 0 spiro atoms. The van der Waals surface area contributed by atoms with Crippen LogP contribution >= 0.6 is 0 Å². The number of benzene rings is 3. The number of hydrogen-bond acceptors (Lipinski definition) is 4. The number of methoxy groups -OCH3 is 1. The lowest BCUT2D eigenvalue weighted by Crippen LogP contribution is -2.62. The molecule has 0 amide bonds. The number of aliphatic hydroxyl groups is 1. The van der Waals surface area contributed by atoms with E-state index < -0.39 is 11.0 Å². The number of ether oxygens (including phenoxy) is 1. The molecule has 3 aromatic carbocycles. The van der Waals surface area contributed by atoms with Crippen LogP contribution in [-0.4, -0.2) is 28.7 Å². The summed E-state index contributed by atoms with van der Waals surface area (Å²) in [4.78, 5) is 14.7. The highest BCUT2D eigenvalue weighted by Crippen LogP contribution is 2.68. The normalized spacial score (nSPS) is 27.6. The Bertz CT molecular complexity index is 1720. The Labute approximate surface area is 242 Å². The van der Waals surface area contributed by atoms with Crippen molar-refractivity contribution in [1.82, 2.24) is 0 Å². The van der Waals surface area contributed by atoms with E-state index in [0.29, 0.717) is 12.2 Å². The van der Waals surface area contributed by atoms with Gasteiger partial charge in [-0.3, -0.25) is 4.79 Å². The third-order valence-electron chi connectivity index (χ3n) is 10.9. The van der Waals surface area contributed by atoms with E-state index in [9.17, 15) is 15.0 Å². The molecular weight excluding hydrogens is 508 g/mol. The van der Waals surface area contributed by atoms with Gasteiger partial charge in [0, 0.05) is 11.8 Å². The Hall–Kier alpha value is -3.63. The quantitative estimate of drug-likeness (QED) is 0.344. The van der Waals surface area contributed by atoms with E-state index in [1.807, 2.05) is 25.1 Å². The second kappa shape index (κ2) is 8.69. The summed E-state index contributed by atoms with van der Waals surface area (Å²) in [6.07, 6.45) is 6.00. The van der Waals surface area contributed by atoms with Gasteiger partial charge in [-0.1, -0.05) is 41.5 Å². The zero-order valence-corrected chi connectivity index (χ0v) is 24.6. The fourth-order valence-corrected chi connectivity index (χ4v) is 9.02. The van der Waals surface area contributed by atoms with Crippen LogP contribution in [0.4, 0.5) is 0 Å². The molecule has 3 aromatic rings. The minimum atomic E-state index is -1.45. The van der Waals surface area contributed by atoms with Crippen molar-refractivity contribution in [2.24, 2.45) is 11.3 Å². The minimum absolute atomic E-state index is 0.144. The van der Waals surface area contributed by atoms with Crippen molar-refractivity contribution < 1.29 is 19.7 Å². The van der Waals surface area contributed by atoms with Gasteiger partial charge in [-0.2, -0.15) is 0 Å². The van der Waals surface area contributed by atoms with E-state index in [1.165, 1.54) is 33.4 Å². The predicted octanol–water partition coefficient (Wildman–Crippen LogP) is 7.10. The monoisotopic (exact) mass is 546 g/mol. The zero-order valence-electron chi connectivity index (χ0n) is 24.6. The number of carbonyl (C=O) groups excluding carboxylic acids is 1. The summed E-state index contributed by atoms with van der Waals surface area (Å²) in [7, 11) is 1.70. The summed E-state index contributed by atoms with van der Waals surface area (Å²) in [5, 5.41) is 22.4. The molecule has 4 nitrogen and oxygen atoms in total. The lowest BCUT2D eigenvalue weighted by molar-refractivity contribution is -0.154. The molecule has 0 radical (unpaired) electrons. The fourth-order valence-electron chi connectivity index (χ4n) is 9.02. The number of fused-ring (bicyclic) bond motifs is 6. The van der Waals surface area contributed by atoms with Gasteiger partial charge in [0.1, 0.15) is 17.1 Å². The van der Waals surface area contributed by atoms with Crippen LogP contribution in [0.3, 0.4) is 0 Å². The Balaban J connectivity index is 1.53. The van der Waals surface area contributed by atoms with Gasteiger partial charge in [0.25, 0.3) is 0 Å². The number of ketones is 1. The standard InChI is InChI=1S/C37H38O4/c1-7-37-30(28-17-19(2)16-22-8-9-23-20(3)31(38)14-12-25(23)33(22)28)18-29(36(5,40)35(37)39)27-11-10-24-21(4)32(41-6)15-13-26(24)34(27)37/h7,12-17,29-30,38,40H,1,8-11,18H2,2-6H3/t29-,30+,36-,37+/m0/s1. The molecule has 41 heavy (non-hydrogen) atoms. The van der Waals surface area contributed by atoms with Crippen LogP contribution in [0, 0.1) is 32.1 Å². The average molecular weight is 547 g/mol. The van der Waals surface area contributed by atoms with E-state index in [0.717, 1.165) is 64.8 Å². The molecule has 4 atom stereocenters. The summed E-state index contributed by atoms with van der Waals surface area (Å²) < 4.78 is 5.67. The second-order valence-electron chi connectivity index (χ2n) is 12.8. The lowest BCUT2D eigenvalue weighted by atomic mass is 9.44. The second-order valence-corrected chi connectivity index (χ2v) is 12.8. The molecule has 0 aromatic heterocycles. The number of allylic oxidation sites excluding steroid dienone is 2. The van der Waals surface area contributed by atoms with Crippen LogP contribution in [0.25, 0.3) is 16.7 Å². The molecule has 210 valence electrons. The van der Waals surface area contributed by atoms with Gasteiger partial charge < -0.3 is 14.9 Å². The molecule has 5 aliphatic carbocycles. The Morgan fingerprint density at radius 2 is 1.66 bits per heavy atom. The van der Waals surface area contributed by atoms with E-state index >= 15 is 0 Å². The van der Waals surface area contributed by atoms with Crippen LogP contribution < -0.4 is 4.74 Å². The van der Waals surface area contributed by atoms with Crippen molar-refractivity contribution in [2.75, 3.05) is 7.11 Å². The first kappa shape index (κ1) is 26.3. The van der Waals surface area contributed by atoms with Gasteiger partial charge in [0.05, 0.1) is 12.5 Å². The molecule has 0 saturated heterocycles. The highest BCUT2D eigenvalue weighted by Gasteiger charge is 2.66. The van der Waals surface area contributed by atoms with Crippen molar-refractivity contribution in [3.05, 3.63) is 99.1 Å². The Kier molecular flexibility index (Phi) is 5.57. The van der Waals surface area contributed by atoms with Gasteiger partial charge in [0.2, 0.25) is 0 Å². The molecule has 1 saturated carbocycles. The van der Waals surface area contributed by atoms with Crippen molar-refractivity contribution in [3.8, 4) is 22.6 Å². The molecule has 0 heterocycles. The first-order chi connectivity index (χ1) is 19.6. The van der Waals surface area contributed by atoms with Crippen molar-refractivity contribution in [3.63, 3.8) is 0 Å². The van der Waals surface area contributed by atoms with Gasteiger partial charge in [-0.05, 0) is 128 Å². The SMILES string of the molecule is C=C[C@@]12C(=O)[C@@](C)(O)[C@@H](C[C@@H]1c1cc(C)cc3c1-c1ccc(O)c(C)c1CC3)C1=C2c2ccc(OC)c(C)c2CC1. The number of hydrogen-bond donors (Lipinski definition) is 2. The van der Waals surface area contributed by atoms with Crippen LogP contribution in [0.5, 0.6) is 11.5 Å². The summed E-state index contributed by atoms with van der Waals surface area (Å²) in [5.41, 5.74) is 11.3. The summed E-state index contributed by atoms with van der Waals surface area (Å²) in [5.74, 6) is 0.617. The van der Waals surface area contributed by atoms with Crippen LogP contribution in [0.15, 0.2) is 54.6 Å². The van der Waals surface area contributed by atoms with Crippen LogP contribution in [0.1, 0.15) is 70.2 Å². The number of phenolic OH excluding ortho intramolecular Hbond substituents is 1. The highest BCUT2D eigenvalue weighted by molar-refractivity contribution is 6.10. The largest absolute Gasteiger partial charge is 0.508 e. The molecule has 4 heteroatoms. The van der Waals surface area contributed by atoms with E-state index in [4.69, 9.17) is 4.74 Å². The number of aromatic hydroxyl groups is 1. The first-order valence-electron chi connectivity index (χ1n) is 14.8. The maximum absolute atomic E-state index is 14.7. The van der Waals surface area contributed by atoms with Crippen molar-refractivity contribution in [1.29, 1.82) is 0 Å². The molecular formula is C37H38O4. The summed E-state index contributed by atoms with van der Waals surface area (Å²) >= 11 is 0. The summed E-state index contributed by atoms with van der Waals surface area (Å²) in [6.45, 7) is 12.3. The number of Topliss-reactive ketones (excluding diaryl/α,β-unsaturated/α-hetero) is 1. The van der Waals surface area contributed by atoms with Gasteiger partial charge in [-0.25, -0.2) is 0 Å². The maximum atomic E-state index is 14.7. The van der Waals surface area contributed by atoms with Gasteiger partial charge >= 0.3 is 0 Å². The third-order valence-corrected chi connectivity index (χ3v) is 10.9. The average Bonchev–Trinajstić information content (AvgIpc) is 2.96. The lowest BCUT2D eigenvalue weighted by Gasteiger charge is -2.59. The van der Waals surface area contributed by atoms with Gasteiger partial charge in [0.15, 0.2) is 5.78 Å². The van der Waals surface area contributed by atoms with Gasteiger partial charge in [-0.15, -0.1) is 6.58 Å². The molecule has 0 aliphatic heterocycles. The zero-order chi connectivity index (χ0) is 29.0. The molecule has 5 aliphatic rings. The highest BCUT2D eigenvalue weighted by atomic mass is 16.5. The Morgan fingerprint density at radius 1 is 0.951 bits per heavy atom. The number of rotatable bonds is 3. The molecule has 2 bridgehead atoms. The third kappa shape index (κ3) is 3.23. The van der Waals surface area contributed by atoms with E-state index in [1.54, 1.807) is 20.1 Å². The number of phenols is 1. The van der Waals surface area contributed by atoms with Crippen LogP contribution in [0.2, 0.25) is 0 Å². The first-order valence-corrected chi connectivity index (χ1v) is 14.8. The molecule has 0 unspecified atom stereocenters. The Morgan fingerprint density at radius 3 is 2.39 bits per heavy atom. The van der Waals surface area contributed by atoms with Crippen molar-refractivity contribution >= 4 is 11.4 Å². The van der Waals surface area contributed by atoms with Crippen LogP contribution in [-0.2, 0) is 24.1 Å². The molecule has 1 fully saturated rings. The minimum Gasteiger partial charge on any atom is -0.508 e. The topological polar surface area (TPSA) is 66.8 Å².